The van der Waals surface area contributed by atoms with E-state index in [0.717, 1.165) is 0 Å². The molecule has 0 spiro atoms. The zero-order chi connectivity index (χ0) is 13.4. The van der Waals surface area contributed by atoms with Crippen molar-refractivity contribution < 1.29 is 30.2 Å². The molecule has 98 valence electrons. The first-order chi connectivity index (χ1) is 7.06. The first-order valence-electron chi connectivity index (χ1n) is 4.58. The van der Waals surface area contributed by atoms with Crippen LogP contribution in [0.5, 0.6) is 0 Å². The van der Waals surface area contributed by atoms with E-state index in [4.69, 9.17) is 20.4 Å². The molecule has 16 heavy (non-hydrogen) atoms. The van der Waals surface area contributed by atoms with Crippen molar-refractivity contribution in [3.63, 3.8) is 0 Å². The van der Waals surface area contributed by atoms with Crippen molar-refractivity contribution >= 4 is 17.0 Å². The fraction of sp³-hybridized carbons (Fsp3) is 0.889. The molecule has 6 nitrogen and oxygen atoms in total. The predicted octanol–water partition coefficient (Wildman–Crippen LogP) is 1.87. The average Bonchev–Trinajstić information content (AvgIpc) is 2.15. The van der Waals surface area contributed by atoms with Gasteiger partial charge in [0.1, 0.15) is 5.43 Å². The zero-order valence-corrected chi connectivity index (χ0v) is 10.6. The zero-order valence-electron chi connectivity index (χ0n) is 9.82. The van der Waals surface area contributed by atoms with Gasteiger partial charge in [0.2, 0.25) is 0 Å². The highest BCUT2D eigenvalue weighted by Crippen LogP contribution is 2.23. The van der Waals surface area contributed by atoms with E-state index >= 15 is 0 Å². The van der Waals surface area contributed by atoms with E-state index in [1.165, 1.54) is 0 Å². The van der Waals surface area contributed by atoms with Gasteiger partial charge < -0.3 is 9.90 Å². The monoisotopic (exact) mass is 257 g/mol. The summed E-state index contributed by atoms with van der Waals surface area (Å²) in [6.07, 6.45) is 1.22. The molecular formula is C9H18ClO6-. The van der Waals surface area contributed by atoms with E-state index in [9.17, 15) is 0 Å². The number of carbonyl (C=O) groups is 1. The molecule has 7 heteroatoms. The van der Waals surface area contributed by atoms with Crippen LogP contribution in [-0.4, -0.2) is 27.1 Å². The maximum atomic E-state index is 8.65. The summed E-state index contributed by atoms with van der Waals surface area (Å²) < 4.78 is 0. The Labute approximate surface area is 99.6 Å². The lowest BCUT2D eigenvalue weighted by Crippen LogP contribution is -2.30. The van der Waals surface area contributed by atoms with Crippen LogP contribution in [0.1, 0.15) is 40.5 Å². The minimum Gasteiger partial charge on any atom is -0.534 e. The SMILES string of the molecule is CC(C)(CCC(C)(C)OO)OO.O=C([O-])Cl. The number of hydrogen-bond acceptors (Lipinski definition) is 6. The molecule has 0 aliphatic heterocycles. The van der Waals surface area contributed by atoms with Gasteiger partial charge in [0.05, 0.1) is 11.2 Å². The van der Waals surface area contributed by atoms with Crippen LogP contribution < -0.4 is 5.11 Å². The van der Waals surface area contributed by atoms with Crippen molar-refractivity contribution in [3.05, 3.63) is 0 Å². The highest BCUT2D eigenvalue weighted by molar-refractivity contribution is 6.59. The Kier molecular flexibility index (Phi) is 8.77. The maximum Gasteiger partial charge on any atom is 0.134 e. The topological polar surface area (TPSA) is 99.1 Å². The third-order valence-electron chi connectivity index (χ3n) is 1.82. The molecule has 0 saturated heterocycles. The van der Waals surface area contributed by atoms with Crippen molar-refractivity contribution in [1.29, 1.82) is 0 Å². The number of hydrogen-bond donors (Lipinski definition) is 2. The molecule has 0 amide bonds. The van der Waals surface area contributed by atoms with Gasteiger partial charge >= 0.3 is 0 Å². The lowest BCUT2D eigenvalue weighted by molar-refractivity contribution is -0.331. The van der Waals surface area contributed by atoms with Crippen LogP contribution in [0.25, 0.3) is 0 Å². The second-order valence-electron chi connectivity index (χ2n) is 4.44. The Morgan fingerprint density at radius 1 is 1.12 bits per heavy atom. The van der Waals surface area contributed by atoms with Crippen LogP contribution in [0, 0.1) is 0 Å². The minimum atomic E-state index is -1.61. The summed E-state index contributed by atoms with van der Waals surface area (Å²) in [6, 6.07) is 0. The van der Waals surface area contributed by atoms with Crippen LogP contribution in [0.3, 0.4) is 0 Å². The molecular weight excluding hydrogens is 240 g/mol. The van der Waals surface area contributed by atoms with Crippen LogP contribution in [0.4, 0.5) is 4.79 Å². The fourth-order valence-electron chi connectivity index (χ4n) is 0.693. The molecule has 0 aromatic carbocycles. The molecule has 0 radical (unpaired) electrons. The molecule has 0 aromatic heterocycles. The largest absolute Gasteiger partial charge is 0.534 e. The third-order valence-corrected chi connectivity index (χ3v) is 1.82. The first kappa shape index (κ1) is 18.0. The Bertz CT molecular complexity index is 184. The molecule has 0 aliphatic carbocycles. The molecule has 0 bridgehead atoms. The maximum absolute atomic E-state index is 8.65. The molecule has 0 atom stereocenters. The Morgan fingerprint density at radius 3 is 1.44 bits per heavy atom. The van der Waals surface area contributed by atoms with Gasteiger partial charge in [0.25, 0.3) is 0 Å². The van der Waals surface area contributed by atoms with Crippen LogP contribution in [-0.2, 0) is 9.78 Å². The smallest absolute Gasteiger partial charge is 0.134 e. The number of carbonyl (C=O) groups excluding carboxylic acids is 1. The van der Waals surface area contributed by atoms with Gasteiger partial charge in [-0.25, -0.2) is 9.78 Å². The molecule has 0 unspecified atom stereocenters. The number of carboxylic acid groups (broad SMARTS) is 1. The summed E-state index contributed by atoms with van der Waals surface area (Å²) >= 11 is 4.08. The normalized spacial score (nSPS) is 11.7. The van der Waals surface area contributed by atoms with Gasteiger partial charge in [-0.3, -0.25) is 10.5 Å². The van der Waals surface area contributed by atoms with Gasteiger partial charge in [-0.05, 0) is 40.5 Å². The Hall–Kier alpha value is -0.400. The third kappa shape index (κ3) is 13.6. The van der Waals surface area contributed by atoms with Crippen molar-refractivity contribution in [3.8, 4) is 0 Å². The van der Waals surface area contributed by atoms with E-state index in [0.29, 0.717) is 12.8 Å². The van der Waals surface area contributed by atoms with E-state index in [-0.39, 0.29) is 0 Å². The van der Waals surface area contributed by atoms with Gasteiger partial charge in [0, 0.05) is 0 Å². The van der Waals surface area contributed by atoms with Gasteiger partial charge in [-0.1, -0.05) is 11.6 Å². The Balaban J connectivity index is 0. The van der Waals surface area contributed by atoms with E-state index in [2.05, 4.69) is 21.4 Å². The Morgan fingerprint density at radius 2 is 1.31 bits per heavy atom. The van der Waals surface area contributed by atoms with E-state index < -0.39 is 16.6 Å². The van der Waals surface area contributed by atoms with Gasteiger partial charge in [-0.2, -0.15) is 0 Å². The van der Waals surface area contributed by atoms with Crippen molar-refractivity contribution in [2.45, 2.75) is 51.7 Å². The molecule has 0 aromatic rings. The molecule has 2 N–H and O–H groups in total. The molecule has 0 rings (SSSR count). The van der Waals surface area contributed by atoms with Gasteiger partial charge in [-0.15, -0.1) is 0 Å². The highest BCUT2D eigenvalue weighted by Gasteiger charge is 2.25. The average molecular weight is 258 g/mol. The molecule has 0 heterocycles. The quantitative estimate of drug-likeness (QED) is 0.443. The minimum absolute atomic E-state index is 0.587. The van der Waals surface area contributed by atoms with E-state index in [1.807, 2.05) is 0 Å². The number of rotatable bonds is 5. The standard InChI is InChI=1S/C8H18O4.CHClO2/c1-7(2,11-9)5-6-8(3,4)12-10;2-1(3)4/h9-10H,5-6H2,1-4H3;(H,3,4)/p-1. The summed E-state index contributed by atoms with van der Waals surface area (Å²) in [7, 11) is 0. The highest BCUT2D eigenvalue weighted by atomic mass is 35.5. The van der Waals surface area contributed by atoms with Crippen molar-refractivity contribution in [2.75, 3.05) is 0 Å². The lowest BCUT2D eigenvalue weighted by atomic mass is 9.94. The van der Waals surface area contributed by atoms with Crippen LogP contribution in [0.2, 0.25) is 0 Å². The summed E-state index contributed by atoms with van der Waals surface area (Å²) in [5.74, 6) is 0. The summed E-state index contributed by atoms with van der Waals surface area (Å²) in [6.45, 7) is 7.06. The van der Waals surface area contributed by atoms with Crippen LogP contribution in [0.15, 0.2) is 0 Å². The predicted molar refractivity (Wildman–Crippen MR) is 56.1 cm³/mol. The molecule has 0 saturated carbocycles. The van der Waals surface area contributed by atoms with Crippen molar-refractivity contribution in [2.24, 2.45) is 0 Å². The van der Waals surface area contributed by atoms with E-state index in [1.54, 1.807) is 27.7 Å². The first-order valence-corrected chi connectivity index (χ1v) is 4.96. The summed E-state index contributed by atoms with van der Waals surface area (Å²) in [4.78, 5) is 17.1. The van der Waals surface area contributed by atoms with Crippen molar-refractivity contribution in [1.82, 2.24) is 0 Å². The second kappa shape index (κ2) is 7.81. The summed E-state index contributed by atoms with van der Waals surface area (Å²) in [5, 5.41) is 25.6. The van der Waals surface area contributed by atoms with Crippen LogP contribution >= 0.6 is 11.6 Å². The summed E-state index contributed by atoms with van der Waals surface area (Å²) in [5.41, 5.74) is -2.79. The molecule has 0 fully saturated rings. The molecule has 0 aliphatic rings. The van der Waals surface area contributed by atoms with Gasteiger partial charge in [0.15, 0.2) is 0 Å². The number of halogens is 1. The second-order valence-corrected chi connectivity index (χ2v) is 4.75. The lowest BCUT2D eigenvalue weighted by Gasteiger charge is -2.26. The fourth-order valence-corrected chi connectivity index (χ4v) is 0.693.